The minimum atomic E-state index is -0.284. The zero-order valence-corrected chi connectivity index (χ0v) is 16.3. The SMILES string of the molecule is C[NH+](CC(=O)Nc1ccccc1Oc1ccccc1)CC(=O)NC(C)(C)C. The molecule has 27 heavy (non-hydrogen) atoms. The fourth-order valence-electron chi connectivity index (χ4n) is 2.54. The summed E-state index contributed by atoms with van der Waals surface area (Å²) in [6.07, 6.45) is 0. The first-order valence-corrected chi connectivity index (χ1v) is 8.97. The summed E-state index contributed by atoms with van der Waals surface area (Å²) in [7, 11) is 1.81. The van der Waals surface area contributed by atoms with Crippen molar-refractivity contribution in [1.82, 2.24) is 5.32 Å². The number of nitrogens with one attached hydrogen (secondary N) is 3. The van der Waals surface area contributed by atoms with Crippen LogP contribution in [0.5, 0.6) is 11.5 Å². The lowest BCUT2D eigenvalue weighted by atomic mass is 10.1. The number of para-hydroxylation sites is 3. The van der Waals surface area contributed by atoms with Crippen LogP contribution in [0.2, 0.25) is 0 Å². The van der Waals surface area contributed by atoms with Gasteiger partial charge in [-0.25, -0.2) is 0 Å². The van der Waals surface area contributed by atoms with Crippen molar-refractivity contribution >= 4 is 17.5 Å². The normalized spacial score (nSPS) is 12.1. The van der Waals surface area contributed by atoms with Gasteiger partial charge in [-0.3, -0.25) is 9.59 Å². The van der Waals surface area contributed by atoms with Crippen LogP contribution in [0.15, 0.2) is 54.6 Å². The summed E-state index contributed by atoms with van der Waals surface area (Å²) >= 11 is 0. The fourth-order valence-corrected chi connectivity index (χ4v) is 2.54. The number of benzene rings is 2. The van der Waals surface area contributed by atoms with E-state index in [4.69, 9.17) is 4.74 Å². The minimum absolute atomic E-state index is 0.0828. The Morgan fingerprint density at radius 3 is 2.19 bits per heavy atom. The van der Waals surface area contributed by atoms with Gasteiger partial charge in [-0.15, -0.1) is 0 Å². The van der Waals surface area contributed by atoms with E-state index in [1.54, 1.807) is 12.1 Å². The van der Waals surface area contributed by atoms with Crippen molar-refractivity contribution in [2.45, 2.75) is 26.3 Å². The molecular weight excluding hydrogens is 342 g/mol. The van der Waals surface area contributed by atoms with E-state index >= 15 is 0 Å². The molecule has 2 aromatic carbocycles. The van der Waals surface area contributed by atoms with E-state index in [9.17, 15) is 9.59 Å². The highest BCUT2D eigenvalue weighted by atomic mass is 16.5. The van der Waals surface area contributed by atoms with Crippen LogP contribution in [-0.4, -0.2) is 37.5 Å². The summed E-state index contributed by atoms with van der Waals surface area (Å²) in [6.45, 7) is 6.19. The highest BCUT2D eigenvalue weighted by Gasteiger charge is 2.19. The quantitative estimate of drug-likeness (QED) is 0.697. The van der Waals surface area contributed by atoms with Crippen LogP contribution >= 0.6 is 0 Å². The van der Waals surface area contributed by atoms with Crippen molar-refractivity contribution in [3.8, 4) is 11.5 Å². The van der Waals surface area contributed by atoms with E-state index in [0.29, 0.717) is 17.2 Å². The fraction of sp³-hybridized carbons (Fsp3) is 0.333. The predicted octanol–water partition coefficient (Wildman–Crippen LogP) is 1.85. The number of carbonyl (C=O) groups excluding carboxylic acids is 2. The number of likely N-dealkylation sites (N-methyl/N-ethyl adjacent to an activating group) is 1. The van der Waals surface area contributed by atoms with Crippen molar-refractivity contribution in [3.05, 3.63) is 54.6 Å². The van der Waals surface area contributed by atoms with Crippen LogP contribution in [0.1, 0.15) is 20.8 Å². The Kier molecular flexibility index (Phi) is 6.96. The largest absolute Gasteiger partial charge is 0.455 e. The maximum absolute atomic E-state index is 12.4. The van der Waals surface area contributed by atoms with Crippen LogP contribution in [-0.2, 0) is 9.59 Å². The van der Waals surface area contributed by atoms with Crippen molar-refractivity contribution in [2.24, 2.45) is 0 Å². The number of rotatable bonds is 7. The number of carbonyl (C=O) groups is 2. The van der Waals surface area contributed by atoms with Gasteiger partial charge in [0, 0.05) is 5.54 Å². The van der Waals surface area contributed by atoms with Gasteiger partial charge < -0.3 is 20.3 Å². The van der Waals surface area contributed by atoms with Gasteiger partial charge in [-0.1, -0.05) is 30.3 Å². The Morgan fingerprint density at radius 2 is 1.52 bits per heavy atom. The number of ether oxygens (including phenoxy) is 1. The van der Waals surface area contributed by atoms with Gasteiger partial charge in [0.1, 0.15) is 5.75 Å². The molecule has 0 spiro atoms. The molecule has 0 aliphatic heterocycles. The molecule has 0 heterocycles. The molecule has 0 saturated carbocycles. The zero-order valence-electron chi connectivity index (χ0n) is 16.3. The van der Waals surface area contributed by atoms with E-state index in [1.807, 2.05) is 70.3 Å². The second kappa shape index (κ2) is 9.19. The third-order valence-corrected chi connectivity index (χ3v) is 3.57. The van der Waals surface area contributed by atoms with Crippen molar-refractivity contribution in [1.29, 1.82) is 0 Å². The van der Waals surface area contributed by atoms with Gasteiger partial charge in [0.05, 0.1) is 12.7 Å². The lowest BCUT2D eigenvalue weighted by Crippen LogP contribution is -3.11. The molecule has 0 radical (unpaired) electrons. The van der Waals surface area contributed by atoms with E-state index in [0.717, 1.165) is 4.90 Å². The maximum atomic E-state index is 12.4. The van der Waals surface area contributed by atoms with Gasteiger partial charge in [-0.05, 0) is 45.0 Å². The minimum Gasteiger partial charge on any atom is -0.455 e. The van der Waals surface area contributed by atoms with Crippen LogP contribution in [0.25, 0.3) is 0 Å². The van der Waals surface area contributed by atoms with Gasteiger partial charge >= 0.3 is 0 Å². The molecule has 1 unspecified atom stereocenters. The number of anilines is 1. The molecule has 3 N–H and O–H groups in total. The Bertz CT molecular complexity index is 770. The maximum Gasteiger partial charge on any atom is 0.279 e. The molecule has 1 atom stereocenters. The summed E-state index contributed by atoms with van der Waals surface area (Å²) in [5.74, 6) is 1.00. The molecule has 2 aromatic rings. The van der Waals surface area contributed by atoms with Gasteiger partial charge in [0.25, 0.3) is 11.8 Å². The predicted molar refractivity (Wildman–Crippen MR) is 106 cm³/mol. The monoisotopic (exact) mass is 370 g/mol. The van der Waals surface area contributed by atoms with E-state index in [2.05, 4.69) is 10.6 Å². The van der Waals surface area contributed by atoms with Crippen molar-refractivity contribution < 1.29 is 19.2 Å². The van der Waals surface area contributed by atoms with Gasteiger partial charge in [0.15, 0.2) is 18.8 Å². The zero-order chi connectivity index (χ0) is 19.9. The molecule has 6 nitrogen and oxygen atoms in total. The molecule has 0 aromatic heterocycles. The van der Waals surface area contributed by atoms with Gasteiger partial charge in [0.2, 0.25) is 0 Å². The summed E-state index contributed by atoms with van der Waals surface area (Å²) in [5, 5.41) is 5.76. The molecule has 144 valence electrons. The smallest absolute Gasteiger partial charge is 0.279 e. The first-order valence-electron chi connectivity index (χ1n) is 8.97. The lowest BCUT2D eigenvalue weighted by molar-refractivity contribution is -0.862. The van der Waals surface area contributed by atoms with Crippen LogP contribution < -0.4 is 20.3 Å². The second-order valence-corrected chi connectivity index (χ2v) is 7.57. The first kappa shape index (κ1) is 20.5. The molecule has 0 saturated heterocycles. The van der Waals surface area contributed by atoms with E-state index in [1.165, 1.54) is 0 Å². The average molecular weight is 370 g/mol. The molecule has 0 aliphatic rings. The topological polar surface area (TPSA) is 71.9 Å². The van der Waals surface area contributed by atoms with Crippen LogP contribution in [0.3, 0.4) is 0 Å². The summed E-state index contributed by atoms with van der Waals surface area (Å²) < 4.78 is 5.85. The third kappa shape index (κ3) is 7.50. The molecule has 2 amide bonds. The molecule has 0 aliphatic carbocycles. The highest BCUT2D eigenvalue weighted by molar-refractivity contribution is 5.93. The second-order valence-electron chi connectivity index (χ2n) is 7.57. The van der Waals surface area contributed by atoms with Gasteiger partial charge in [-0.2, -0.15) is 0 Å². The summed E-state index contributed by atoms with van der Waals surface area (Å²) in [5.41, 5.74) is 0.311. The van der Waals surface area contributed by atoms with E-state index in [-0.39, 0.29) is 30.4 Å². The van der Waals surface area contributed by atoms with Crippen molar-refractivity contribution in [3.63, 3.8) is 0 Å². The average Bonchev–Trinajstić information content (AvgIpc) is 2.55. The summed E-state index contributed by atoms with van der Waals surface area (Å²) in [6, 6.07) is 16.7. The first-order chi connectivity index (χ1) is 12.7. The van der Waals surface area contributed by atoms with Crippen LogP contribution in [0.4, 0.5) is 5.69 Å². The Hall–Kier alpha value is -2.86. The highest BCUT2D eigenvalue weighted by Crippen LogP contribution is 2.28. The molecule has 0 bridgehead atoms. The molecule has 2 rings (SSSR count). The molecule has 0 fully saturated rings. The number of hydrogen-bond acceptors (Lipinski definition) is 3. The van der Waals surface area contributed by atoms with E-state index < -0.39 is 0 Å². The van der Waals surface area contributed by atoms with Crippen molar-refractivity contribution in [2.75, 3.05) is 25.5 Å². The number of hydrogen-bond donors (Lipinski definition) is 3. The summed E-state index contributed by atoms with van der Waals surface area (Å²) in [4.78, 5) is 25.2. The Morgan fingerprint density at radius 1 is 0.926 bits per heavy atom. The standard InChI is InChI=1S/C21H27N3O3/c1-21(2,3)23-20(26)15-24(4)14-19(25)22-17-12-8-9-13-18(17)27-16-10-6-5-7-11-16/h5-13H,14-15H2,1-4H3,(H,22,25)(H,23,26)/p+1. The molecular formula is C21H28N3O3+. The van der Waals surface area contributed by atoms with Crippen LogP contribution in [0, 0.1) is 0 Å². The number of amides is 2. The Labute approximate surface area is 160 Å². The molecule has 6 heteroatoms. The Balaban J connectivity index is 1.93. The third-order valence-electron chi connectivity index (χ3n) is 3.57. The number of quaternary nitrogens is 1. The lowest BCUT2D eigenvalue weighted by Gasteiger charge is -2.21.